The average molecular weight is 332 g/mol. The van der Waals surface area contributed by atoms with E-state index >= 15 is 0 Å². The van der Waals surface area contributed by atoms with Gasteiger partial charge in [0.05, 0.1) is 12.6 Å². The van der Waals surface area contributed by atoms with Crippen molar-refractivity contribution in [2.45, 2.75) is 57.7 Å². The number of aromatic nitrogens is 4. The molecule has 0 aromatic carbocycles. The van der Waals surface area contributed by atoms with E-state index in [1.165, 1.54) is 12.8 Å². The van der Waals surface area contributed by atoms with Crippen LogP contribution in [0.2, 0.25) is 0 Å². The quantitative estimate of drug-likeness (QED) is 0.793. The van der Waals surface area contributed by atoms with Gasteiger partial charge in [0.2, 0.25) is 11.8 Å². The Labute approximate surface area is 141 Å². The maximum atomic E-state index is 5.49. The molecular formula is C16H24N6O2. The van der Waals surface area contributed by atoms with Crippen LogP contribution in [0.5, 0.6) is 0 Å². The fourth-order valence-corrected chi connectivity index (χ4v) is 3.32. The van der Waals surface area contributed by atoms with Crippen molar-refractivity contribution in [2.75, 3.05) is 20.1 Å². The Balaban J connectivity index is 1.34. The second kappa shape index (κ2) is 6.25. The Morgan fingerprint density at radius 2 is 2.04 bits per heavy atom. The molecule has 2 aliphatic rings. The molecule has 0 radical (unpaired) electrons. The number of likely N-dealkylation sites (tertiary alicyclic amines) is 1. The fraction of sp³-hybridized carbons (Fsp3) is 0.750. The molecule has 2 fully saturated rings. The minimum Gasteiger partial charge on any atom is -0.340 e. The summed E-state index contributed by atoms with van der Waals surface area (Å²) in [7, 11) is 2.11. The minimum absolute atomic E-state index is 0.163. The van der Waals surface area contributed by atoms with E-state index in [-0.39, 0.29) is 6.04 Å². The van der Waals surface area contributed by atoms with Crippen LogP contribution in [0.15, 0.2) is 9.05 Å². The molecule has 4 rings (SSSR count). The van der Waals surface area contributed by atoms with Gasteiger partial charge in [0.25, 0.3) is 0 Å². The number of hydrogen-bond donors (Lipinski definition) is 0. The zero-order valence-corrected chi connectivity index (χ0v) is 14.5. The number of hydrogen-bond acceptors (Lipinski definition) is 8. The largest absolute Gasteiger partial charge is 0.340 e. The molecule has 1 saturated heterocycles. The van der Waals surface area contributed by atoms with Gasteiger partial charge in [-0.2, -0.15) is 9.97 Å². The third-order valence-corrected chi connectivity index (χ3v) is 5.08. The van der Waals surface area contributed by atoms with E-state index in [0.29, 0.717) is 24.4 Å². The first-order valence-corrected chi connectivity index (χ1v) is 8.67. The topological polar surface area (TPSA) is 84.3 Å². The molecule has 0 spiro atoms. The lowest BCUT2D eigenvalue weighted by atomic mass is 10.2. The Kier molecular flexibility index (Phi) is 4.09. The highest BCUT2D eigenvalue weighted by Crippen LogP contribution is 2.38. The van der Waals surface area contributed by atoms with Gasteiger partial charge in [0.1, 0.15) is 0 Å². The number of rotatable bonds is 6. The monoisotopic (exact) mass is 332 g/mol. The van der Waals surface area contributed by atoms with Crippen LogP contribution in [0.25, 0.3) is 0 Å². The SMILES string of the molecule is Cc1nc(CN(C)[C@H]2CCN([C@H](C)c3nc(C4CC4)no3)C2)no1. The van der Waals surface area contributed by atoms with Crippen molar-refractivity contribution in [1.82, 2.24) is 30.1 Å². The van der Waals surface area contributed by atoms with Crippen LogP contribution in [0, 0.1) is 6.92 Å². The lowest BCUT2D eigenvalue weighted by Crippen LogP contribution is -2.35. The summed E-state index contributed by atoms with van der Waals surface area (Å²) in [5, 5.41) is 8.11. The van der Waals surface area contributed by atoms with Crippen molar-refractivity contribution >= 4 is 0 Å². The van der Waals surface area contributed by atoms with Gasteiger partial charge in [-0.1, -0.05) is 10.3 Å². The van der Waals surface area contributed by atoms with Crippen molar-refractivity contribution < 1.29 is 9.05 Å². The molecule has 0 amide bonds. The Morgan fingerprint density at radius 3 is 2.75 bits per heavy atom. The second-order valence-electron chi connectivity index (χ2n) is 7.02. The van der Waals surface area contributed by atoms with Crippen LogP contribution in [-0.4, -0.2) is 56.3 Å². The van der Waals surface area contributed by atoms with Crippen LogP contribution in [0.4, 0.5) is 0 Å². The highest BCUT2D eigenvalue weighted by atomic mass is 16.5. The fourth-order valence-electron chi connectivity index (χ4n) is 3.32. The summed E-state index contributed by atoms with van der Waals surface area (Å²) in [5.74, 6) is 3.52. The number of aryl methyl sites for hydroxylation is 1. The van der Waals surface area contributed by atoms with Gasteiger partial charge < -0.3 is 9.05 Å². The van der Waals surface area contributed by atoms with Crippen molar-refractivity contribution in [3.05, 3.63) is 23.4 Å². The van der Waals surface area contributed by atoms with Crippen LogP contribution in [0.3, 0.4) is 0 Å². The summed E-state index contributed by atoms with van der Waals surface area (Å²) in [6.45, 7) is 6.68. The summed E-state index contributed by atoms with van der Waals surface area (Å²) >= 11 is 0. The highest BCUT2D eigenvalue weighted by Gasteiger charge is 2.34. The van der Waals surface area contributed by atoms with Crippen LogP contribution < -0.4 is 0 Å². The van der Waals surface area contributed by atoms with Crippen LogP contribution >= 0.6 is 0 Å². The Morgan fingerprint density at radius 1 is 1.21 bits per heavy atom. The molecule has 8 heteroatoms. The zero-order valence-electron chi connectivity index (χ0n) is 14.5. The minimum atomic E-state index is 0.163. The van der Waals surface area contributed by atoms with E-state index in [0.717, 1.165) is 37.0 Å². The number of nitrogens with zero attached hydrogens (tertiary/aromatic N) is 6. The molecule has 1 saturated carbocycles. The molecule has 2 aromatic rings. The van der Waals surface area contributed by atoms with Gasteiger partial charge in [0.15, 0.2) is 11.6 Å². The zero-order chi connectivity index (χ0) is 16.7. The molecule has 1 aliphatic heterocycles. The van der Waals surface area contributed by atoms with Crippen molar-refractivity contribution in [2.24, 2.45) is 0 Å². The lowest BCUT2D eigenvalue weighted by Gasteiger charge is -2.25. The van der Waals surface area contributed by atoms with Crippen LogP contribution in [-0.2, 0) is 6.54 Å². The average Bonchev–Trinajstić information content (AvgIpc) is 3.00. The second-order valence-corrected chi connectivity index (χ2v) is 7.02. The van der Waals surface area contributed by atoms with Crippen molar-refractivity contribution in [1.29, 1.82) is 0 Å². The lowest BCUT2D eigenvalue weighted by molar-refractivity contribution is 0.177. The maximum Gasteiger partial charge on any atom is 0.243 e. The molecule has 0 bridgehead atoms. The standard InChI is InChI=1S/C16H24N6O2/c1-10(16-18-15(20-24-16)12-4-5-12)22-7-6-13(8-22)21(3)9-14-17-11(2)23-19-14/h10,12-13H,4-9H2,1-3H3/t10-,13+/m1/s1. The molecular weight excluding hydrogens is 308 g/mol. The predicted octanol–water partition coefficient (Wildman–Crippen LogP) is 1.91. The van der Waals surface area contributed by atoms with Gasteiger partial charge in [-0.05, 0) is 33.2 Å². The summed E-state index contributed by atoms with van der Waals surface area (Å²) in [6.07, 6.45) is 3.50. The molecule has 1 aliphatic carbocycles. The van der Waals surface area contributed by atoms with E-state index < -0.39 is 0 Å². The van der Waals surface area contributed by atoms with Crippen LogP contribution in [0.1, 0.15) is 61.6 Å². The summed E-state index contributed by atoms with van der Waals surface area (Å²) in [6, 6.07) is 0.632. The van der Waals surface area contributed by atoms with Gasteiger partial charge in [-0.3, -0.25) is 9.80 Å². The summed E-state index contributed by atoms with van der Waals surface area (Å²) in [5.41, 5.74) is 0. The molecule has 3 heterocycles. The van der Waals surface area contributed by atoms with E-state index in [1.54, 1.807) is 0 Å². The third-order valence-electron chi connectivity index (χ3n) is 5.08. The summed E-state index contributed by atoms with van der Waals surface area (Å²) < 4.78 is 10.5. The maximum absolute atomic E-state index is 5.49. The van der Waals surface area contributed by atoms with E-state index in [1.807, 2.05) is 6.92 Å². The molecule has 2 aromatic heterocycles. The smallest absolute Gasteiger partial charge is 0.243 e. The molecule has 2 atom stereocenters. The van der Waals surface area contributed by atoms with Gasteiger partial charge in [0, 0.05) is 32.0 Å². The highest BCUT2D eigenvalue weighted by molar-refractivity contribution is 5.05. The Hall–Kier alpha value is -1.80. The molecule has 0 unspecified atom stereocenters. The molecule has 130 valence electrons. The predicted molar refractivity (Wildman–Crippen MR) is 85.2 cm³/mol. The molecule has 0 N–H and O–H groups in total. The van der Waals surface area contributed by atoms with Gasteiger partial charge in [-0.25, -0.2) is 0 Å². The van der Waals surface area contributed by atoms with Crippen molar-refractivity contribution in [3.8, 4) is 0 Å². The molecule has 8 nitrogen and oxygen atoms in total. The third kappa shape index (κ3) is 3.21. The first-order chi connectivity index (χ1) is 11.6. The van der Waals surface area contributed by atoms with Crippen molar-refractivity contribution in [3.63, 3.8) is 0 Å². The summed E-state index contributed by atoms with van der Waals surface area (Å²) in [4.78, 5) is 13.6. The van der Waals surface area contributed by atoms with E-state index in [4.69, 9.17) is 9.05 Å². The van der Waals surface area contributed by atoms with E-state index in [2.05, 4.69) is 44.1 Å². The van der Waals surface area contributed by atoms with E-state index in [9.17, 15) is 0 Å². The van der Waals surface area contributed by atoms with Gasteiger partial charge >= 0.3 is 0 Å². The van der Waals surface area contributed by atoms with Gasteiger partial charge in [-0.15, -0.1) is 0 Å². The first-order valence-electron chi connectivity index (χ1n) is 8.67. The molecule has 24 heavy (non-hydrogen) atoms. The first kappa shape index (κ1) is 15.7. The Bertz CT molecular complexity index is 694. The number of likely N-dealkylation sites (N-methyl/N-ethyl adjacent to an activating group) is 1. The normalized spacial score (nSPS) is 23.2.